The third-order valence-electron chi connectivity index (χ3n) is 6.54. The summed E-state index contributed by atoms with van der Waals surface area (Å²) in [6.45, 7) is 12.7. The van der Waals surface area contributed by atoms with Gasteiger partial charge in [-0.3, -0.25) is 13.9 Å². The summed E-state index contributed by atoms with van der Waals surface area (Å²) >= 11 is 0. The zero-order valence-corrected chi connectivity index (χ0v) is 24.7. The lowest BCUT2D eigenvalue weighted by molar-refractivity contribution is -0.139. The van der Waals surface area contributed by atoms with Crippen LogP contribution in [-0.4, -0.2) is 43.8 Å². The Morgan fingerprint density at radius 2 is 1.44 bits per heavy atom. The molecule has 1 atom stereocenters. The maximum Gasteiger partial charge on any atom is 0.264 e. The first kappa shape index (κ1) is 29.9. The standard InChI is InChI=1S/C31H39N3O4S/c1-21(2)32-31(36)26(7)33(19-27-10-8-9-23(4)18-27)30(35)20-34(29-16-13-24(5)17-25(29)6)39(37,38)28-14-11-22(3)12-15-28/h8-18,21,26H,19-20H2,1-7H3,(H,32,36)/t26-/m1/s1. The van der Waals surface area contributed by atoms with Crippen LogP contribution in [-0.2, 0) is 26.2 Å². The molecule has 2 amide bonds. The van der Waals surface area contributed by atoms with Gasteiger partial charge in [0.05, 0.1) is 10.6 Å². The minimum atomic E-state index is -4.09. The van der Waals surface area contributed by atoms with Gasteiger partial charge in [-0.2, -0.15) is 0 Å². The average molecular weight is 550 g/mol. The van der Waals surface area contributed by atoms with E-state index in [4.69, 9.17) is 0 Å². The number of aryl methyl sites for hydroxylation is 4. The first-order valence-corrected chi connectivity index (χ1v) is 14.6. The summed E-state index contributed by atoms with van der Waals surface area (Å²) < 4.78 is 29.1. The van der Waals surface area contributed by atoms with E-state index in [1.165, 1.54) is 4.90 Å². The molecule has 8 heteroatoms. The lowest BCUT2D eigenvalue weighted by Crippen LogP contribution is -2.52. The van der Waals surface area contributed by atoms with E-state index >= 15 is 0 Å². The van der Waals surface area contributed by atoms with E-state index in [-0.39, 0.29) is 23.4 Å². The number of carbonyl (C=O) groups excluding carboxylic acids is 2. The number of amides is 2. The van der Waals surface area contributed by atoms with Crippen LogP contribution in [0.15, 0.2) is 71.6 Å². The van der Waals surface area contributed by atoms with E-state index in [1.54, 1.807) is 37.3 Å². The summed E-state index contributed by atoms with van der Waals surface area (Å²) in [6, 6.07) is 18.8. The highest BCUT2D eigenvalue weighted by atomic mass is 32.2. The van der Waals surface area contributed by atoms with E-state index in [1.807, 2.05) is 77.9 Å². The molecule has 3 aromatic carbocycles. The Morgan fingerprint density at radius 3 is 2.03 bits per heavy atom. The van der Waals surface area contributed by atoms with Gasteiger partial charge in [-0.25, -0.2) is 8.42 Å². The van der Waals surface area contributed by atoms with Crippen LogP contribution in [0, 0.1) is 27.7 Å². The van der Waals surface area contributed by atoms with Crippen molar-refractivity contribution >= 4 is 27.5 Å². The number of hydrogen-bond acceptors (Lipinski definition) is 4. The Hall–Kier alpha value is -3.65. The van der Waals surface area contributed by atoms with E-state index in [0.717, 1.165) is 32.1 Å². The molecule has 208 valence electrons. The summed E-state index contributed by atoms with van der Waals surface area (Å²) in [5, 5.41) is 2.87. The monoisotopic (exact) mass is 549 g/mol. The van der Waals surface area contributed by atoms with Gasteiger partial charge in [0.25, 0.3) is 10.0 Å². The molecule has 0 heterocycles. The zero-order chi connectivity index (χ0) is 28.9. The highest BCUT2D eigenvalue weighted by Crippen LogP contribution is 2.28. The number of anilines is 1. The highest BCUT2D eigenvalue weighted by molar-refractivity contribution is 7.92. The molecule has 0 saturated heterocycles. The van der Waals surface area contributed by atoms with Crippen molar-refractivity contribution in [2.45, 2.75) is 72.0 Å². The summed E-state index contributed by atoms with van der Waals surface area (Å²) in [6.07, 6.45) is 0. The van der Waals surface area contributed by atoms with Crippen LogP contribution in [0.3, 0.4) is 0 Å². The number of sulfonamides is 1. The minimum absolute atomic E-state index is 0.0942. The molecule has 0 bridgehead atoms. The maximum absolute atomic E-state index is 14.0. The smallest absolute Gasteiger partial charge is 0.264 e. The molecular weight excluding hydrogens is 510 g/mol. The molecule has 0 spiro atoms. The predicted octanol–water partition coefficient (Wildman–Crippen LogP) is 5.06. The van der Waals surface area contributed by atoms with Crippen LogP contribution in [0.25, 0.3) is 0 Å². The fourth-order valence-corrected chi connectivity index (χ4v) is 5.91. The van der Waals surface area contributed by atoms with Crippen molar-refractivity contribution in [2.75, 3.05) is 10.8 Å². The van der Waals surface area contributed by atoms with E-state index in [0.29, 0.717) is 5.69 Å². The molecule has 3 aromatic rings. The second-order valence-electron chi connectivity index (χ2n) is 10.5. The molecule has 0 fully saturated rings. The number of benzene rings is 3. The molecule has 0 aliphatic carbocycles. The summed E-state index contributed by atoms with van der Waals surface area (Å²) in [7, 11) is -4.09. The van der Waals surface area contributed by atoms with Gasteiger partial charge in [-0.15, -0.1) is 0 Å². The molecule has 39 heavy (non-hydrogen) atoms. The van der Waals surface area contributed by atoms with Crippen molar-refractivity contribution < 1.29 is 18.0 Å². The number of carbonyl (C=O) groups is 2. The molecular formula is C31H39N3O4S. The molecule has 0 aliphatic rings. The van der Waals surface area contributed by atoms with Crippen LogP contribution in [0.4, 0.5) is 5.69 Å². The van der Waals surface area contributed by atoms with Gasteiger partial charge in [0.1, 0.15) is 12.6 Å². The number of nitrogens with zero attached hydrogens (tertiary/aromatic N) is 2. The van der Waals surface area contributed by atoms with Crippen molar-refractivity contribution in [1.29, 1.82) is 0 Å². The van der Waals surface area contributed by atoms with Gasteiger partial charge in [0, 0.05) is 12.6 Å². The van der Waals surface area contributed by atoms with Crippen molar-refractivity contribution in [3.8, 4) is 0 Å². The SMILES string of the molecule is Cc1ccc(S(=O)(=O)N(CC(=O)N(Cc2cccc(C)c2)[C@H](C)C(=O)NC(C)C)c2ccc(C)cc2C)cc1. The molecule has 1 N–H and O–H groups in total. The average Bonchev–Trinajstić information content (AvgIpc) is 2.85. The van der Waals surface area contributed by atoms with Gasteiger partial charge >= 0.3 is 0 Å². The molecule has 0 aromatic heterocycles. The quantitative estimate of drug-likeness (QED) is 0.383. The van der Waals surface area contributed by atoms with Gasteiger partial charge in [-0.1, -0.05) is 65.2 Å². The van der Waals surface area contributed by atoms with Gasteiger partial charge in [0.15, 0.2) is 0 Å². The summed E-state index contributed by atoms with van der Waals surface area (Å²) in [4.78, 5) is 28.6. The van der Waals surface area contributed by atoms with Crippen molar-refractivity contribution in [2.24, 2.45) is 0 Å². The van der Waals surface area contributed by atoms with Crippen LogP contribution in [0.1, 0.15) is 48.6 Å². The zero-order valence-electron chi connectivity index (χ0n) is 23.9. The lowest BCUT2D eigenvalue weighted by atomic mass is 10.1. The van der Waals surface area contributed by atoms with Gasteiger partial charge in [-0.05, 0) is 77.8 Å². The normalized spacial score (nSPS) is 12.2. The molecule has 0 unspecified atom stereocenters. The molecule has 7 nitrogen and oxygen atoms in total. The maximum atomic E-state index is 14.0. The fourth-order valence-electron chi connectivity index (χ4n) is 4.43. The van der Waals surface area contributed by atoms with Crippen molar-refractivity contribution in [3.63, 3.8) is 0 Å². The van der Waals surface area contributed by atoms with Crippen LogP contribution < -0.4 is 9.62 Å². The van der Waals surface area contributed by atoms with E-state index in [2.05, 4.69) is 5.32 Å². The molecule has 0 aliphatic heterocycles. The first-order valence-electron chi connectivity index (χ1n) is 13.1. The van der Waals surface area contributed by atoms with Gasteiger partial charge < -0.3 is 10.2 Å². The van der Waals surface area contributed by atoms with Crippen molar-refractivity contribution in [3.05, 3.63) is 94.5 Å². The first-order chi connectivity index (χ1) is 18.3. The largest absolute Gasteiger partial charge is 0.352 e. The van der Waals surface area contributed by atoms with E-state index < -0.39 is 28.5 Å². The van der Waals surface area contributed by atoms with Crippen LogP contribution in [0.2, 0.25) is 0 Å². The molecule has 0 saturated carbocycles. The molecule has 0 radical (unpaired) electrons. The third kappa shape index (κ3) is 7.47. The Bertz CT molecular complexity index is 1430. The Kier molecular flexibility index (Phi) is 9.56. The predicted molar refractivity (Wildman–Crippen MR) is 156 cm³/mol. The summed E-state index contributed by atoms with van der Waals surface area (Å²) in [5.41, 5.74) is 4.94. The highest BCUT2D eigenvalue weighted by Gasteiger charge is 2.33. The van der Waals surface area contributed by atoms with E-state index in [9.17, 15) is 18.0 Å². The second-order valence-corrected chi connectivity index (χ2v) is 12.3. The Balaban J connectivity index is 2.07. The number of hydrogen-bond donors (Lipinski definition) is 1. The Labute approximate surface area is 232 Å². The van der Waals surface area contributed by atoms with Crippen LogP contribution in [0.5, 0.6) is 0 Å². The number of rotatable bonds is 10. The van der Waals surface area contributed by atoms with Crippen LogP contribution >= 0.6 is 0 Å². The minimum Gasteiger partial charge on any atom is -0.352 e. The Morgan fingerprint density at radius 1 is 0.821 bits per heavy atom. The second kappa shape index (κ2) is 12.5. The van der Waals surface area contributed by atoms with Crippen molar-refractivity contribution in [1.82, 2.24) is 10.2 Å². The number of nitrogens with one attached hydrogen (secondary N) is 1. The molecule has 3 rings (SSSR count). The lowest BCUT2D eigenvalue weighted by Gasteiger charge is -2.33. The van der Waals surface area contributed by atoms with Gasteiger partial charge in [0.2, 0.25) is 11.8 Å². The fraction of sp³-hybridized carbons (Fsp3) is 0.355. The summed E-state index contributed by atoms with van der Waals surface area (Å²) in [5.74, 6) is -0.774. The third-order valence-corrected chi connectivity index (χ3v) is 8.32. The topological polar surface area (TPSA) is 86.8 Å².